The molecule has 0 spiro atoms. The lowest BCUT2D eigenvalue weighted by Crippen LogP contribution is -2.40. The molecular formula is C13H19NO. The van der Waals surface area contributed by atoms with E-state index >= 15 is 0 Å². The van der Waals surface area contributed by atoms with Gasteiger partial charge in [-0.3, -0.25) is 0 Å². The van der Waals surface area contributed by atoms with E-state index < -0.39 is 0 Å². The van der Waals surface area contributed by atoms with E-state index in [9.17, 15) is 0 Å². The Hall–Kier alpha value is -0.860. The van der Waals surface area contributed by atoms with Crippen LogP contribution in [0.25, 0.3) is 0 Å². The molecule has 1 saturated heterocycles. The maximum Gasteiger partial charge on any atom is 0.0647 e. The maximum absolute atomic E-state index is 6.20. The summed E-state index contributed by atoms with van der Waals surface area (Å²) in [7, 11) is 0. The number of nitrogens with two attached hydrogens (primary N) is 1. The lowest BCUT2D eigenvalue weighted by atomic mass is 9.92. The fraction of sp³-hybridized carbons (Fsp3) is 0.538. The summed E-state index contributed by atoms with van der Waals surface area (Å²) in [6.45, 7) is 1.57. The van der Waals surface area contributed by atoms with Crippen LogP contribution in [-0.4, -0.2) is 18.8 Å². The second-order valence-corrected chi connectivity index (χ2v) is 4.50. The van der Waals surface area contributed by atoms with Crippen LogP contribution >= 0.6 is 0 Å². The Balaban J connectivity index is 1.75. The predicted molar refractivity (Wildman–Crippen MR) is 61.7 cm³/mol. The normalized spacial score (nSPS) is 25.7. The summed E-state index contributed by atoms with van der Waals surface area (Å²) in [6.07, 6.45) is 4.37. The van der Waals surface area contributed by atoms with Crippen molar-refractivity contribution < 1.29 is 4.74 Å². The minimum atomic E-state index is -0.0468. The minimum Gasteiger partial charge on any atom is -0.379 e. The molecule has 0 aromatic heterocycles. The topological polar surface area (TPSA) is 35.2 Å². The van der Waals surface area contributed by atoms with Gasteiger partial charge in [0.25, 0.3) is 0 Å². The number of hydrogen-bond acceptors (Lipinski definition) is 2. The van der Waals surface area contributed by atoms with E-state index in [4.69, 9.17) is 10.5 Å². The number of aryl methyl sites for hydroxylation is 1. The molecular weight excluding hydrogens is 186 g/mol. The molecule has 15 heavy (non-hydrogen) atoms. The highest BCUT2D eigenvalue weighted by atomic mass is 16.5. The molecule has 1 aromatic rings. The van der Waals surface area contributed by atoms with Crippen LogP contribution < -0.4 is 5.73 Å². The summed E-state index contributed by atoms with van der Waals surface area (Å²) in [6, 6.07) is 10.6. The van der Waals surface area contributed by atoms with Crippen LogP contribution in [0.4, 0.5) is 0 Å². The quantitative estimate of drug-likeness (QED) is 0.817. The molecule has 0 aliphatic carbocycles. The first-order chi connectivity index (χ1) is 7.29. The summed E-state index contributed by atoms with van der Waals surface area (Å²) in [5.74, 6) is 0. The molecule has 0 amide bonds. The third-order valence-electron chi connectivity index (χ3n) is 3.12. The zero-order valence-electron chi connectivity index (χ0n) is 9.11. The summed E-state index contributed by atoms with van der Waals surface area (Å²) in [4.78, 5) is 0. The first kappa shape index (κ1) is 10.7. The molecule has 1 aliphatic heterocycles. The van der Waals surface area contributed by atoms with Crippen molar-refractivity contribution in [3.63, 3.8) is 0 Å². The average Bonchev–Trinajstić information content (AvgIpc) is 2.67. The van der Waals surface area contributed by atoms with Crippen molar-refractivity contribution in [1.82, 2.24) is 0 Å². The highest BCUT2D eigenvalue weighted by Crippen LogP contribution is 2.21. The Morgan fingerprint density at radius 1 is 1.27 bits per heavy atom. The van der Waals surface area contributed by atoms with Crippen LogP contribution in [0.15, 0.2) is 30.3 Å². The Kier molecular flexibility index (Phi) is 3.39. The largest absolute Gasteiger partial charge is 0.379 e. The van der Waals surface area contributed by atoms with Crippen LogP contribution in [0.5, 0.6) is 0 Å². The van der Waals surface area contributed by atoms with Crippen molar-refractivity contribution >= 4 is 0 Å². The van der Waals surface area contributed by atoms with Gasteiger partial charge >= 0.3 is 0 Å². The summed E-state index contributed by atoms with van der Waals surface area (Å²) in [5.41, 5.74) is 7.55. The van der Waals surface area contributed by atoms with Crippen molar-refractivity contribution in [3.05, 3.63) is 35.9 Å². The third kappa shape index (κ3) is 3.05. The van der Waals surface area contributed by atoms with Gasteiger partial charge < -0.3 is 10.5 Å². The Bertz CT molecular complexity index is 291. The van der Waals surface area contributed by atoms with Gasteiger partial charge in [-0.1, -0.05) is 30.3 Å². The van der Waals surface area contributed by atoms with Gasteiger partial charge in [-0.25, -0.2) is 0 Å². The number of hydrogen-bond donors (Lipinski definition) is 1. The SMILES string of the molecule is NC1(CCCc2ccccc2)CCOC1. The van der Waals surface area contributed by atoms with Gasteiger partial charge in [-0.15, -0.1) is 0 Å². The van der Waals surface area contributed by atoms with Crippen molar-refractivity contribution in [2.24, 2.45) is 5.73 Å². The van der Waals surface area contributed by atoms with E-state index in [-0.39, 0.29) is 5.54 Å². The second kappa shape index (κ2) is 4.77. The Morgan fingerprint density at radius 2 is 2.07 bits per heavy atom. The van der Waals surface area contributed by atoms with Crippen LogP contribution in [0.1, 0.15) is 24.8 Å². The molecule has 1 heterocycles. The maximum atomic E-state index is 6.20. The predicted octanol–water partition coefficient (Wildman–Crippen LogP) is 2.13. The molecule has 0 bridgehead atoms. The molecule has 1 aromatic carbocycles. The van der Waals surface area contributed by atoms with Crippen molar-refractivity contribution in [2.75, 3.05) is 13.2 Å². The highest BCUT2D eigenvalue weighted by Gasteiger charge is 2.29. The standard InChI is InChI=1S/C13H19NO/c14-13(9-10-15-11-13)8-4-7-12-5-2-1-3-6-12/h1-3,5-6H,4,7-11,14H2. The zero-order valence-corrected chi connectivity index (χ0v) is 9.11. The molecule has 1 unspecified atom stereocenters. The van der Waals surface area contributed by atoms with E-state index in [1.807, 2.05) is 0 Å². The molecule has 0 radical (unpaired) electrons. The average molecular weight is 205 g/mol. The Morgan fingerprint density at radius 3 is 2.73 bits per heavy atom. The number of benzene rings is 1. The first-order valence-corrected chi connectivity index (χ1v) is 5.69. The molecule has 1 atom stereocenters. The summed E-state index contributed by atoms with van der Waals surface area (Å²) >= 11 is 0. The fourth-order valence-corrected chi connectivity index (χ4v) is 2.11. The van der Waals surface area contributed by atoms with E-state index in [1.54, 1.807) is 0 Å². The summed E-state index contributed by atoms with van der Waals surface area (Å²) < 4.78 is 5.34. The molecule has 2 nitrogen and oxygen atoms in total. The van der Waals surface area contributed by atoms with Gasteiger partial charge in [0.2, 0.25) is 0 Å². The lowest BCUT2D eigenvalue weighted by Gasteiger charge is -2.21. The molecule has 2 rings (SSSR count). The van der Waals surface area contributed by atoms with Gasteiger partial charge in [0.05, 0.1) is 6.61 Å². The van der Waals surface area contributed by atoms with Gasteiger partial charge in [0.1, 0.15) is 0 Å². The minimum absolute atomic E-state index is 0.0468. The highest BCUT2D eigenvalue weighted by molar-refractivity contribution is 5.14. The van der Waals surface area contributed by atoms with Crippen LogP contribution in [-0.2, 0) is 11.2 Å². The fourth-order valence-electron chi connectivity index (χ4n) is 2.11. The van der Waals surface area contributed by atoms with Crippen LogP contribution in [0.2, 0.25) is 0 Å². The lowest BCUT2D eigenvalue weighted by molar-refractivity contribution is 0.175. The van der Waals surface area contributed by atoms with Crippen molar-refractivity contribution in [2.45, 2.75) is 31.2 Å². The molecule has 2 heteroatoms. The second-order valence-electron chi connectivity index (χ2n) is 4.50. The summed E-state index contributed by atoms with van der Waals surface area (Å²) in [5, 5.41) is 0. The van der Waals surface area contributed by atoms with Gasteiger partial charge in [0, 0.05) is 12.1 Å². The molecule has 2 N–H and O–H groups in total. The van der Waals surface area contributed by atoms with Crippen molar-refractivity contribution in [1.29, 1.82) is 0 Å². The van der Waals surface area contributed by atoms with Crippen LogP contribution in [0.3, 0.4) is 0 Å². The molecule has 0 saturated carbocycles. The first-order valence-electron chi connectivity index (χ1n) is 5.69. The molecule has 1 fully saturated rings. The van der Waals surface area contributed by atoms with E-state index in [0.29, 0.717) is 0 Å². The van der Waals surface area contributed by atoms with Crippen molar-refractivity contribution in [3.8, 4) is 0 Å². The smallest absolute Gasteiger partial charge is 0.0647 e. The molecule has 82 valence electrons. The zero-order chi connectivity index (χ0) is 10.6. The number of rotatable bonds is 4. The van der Waals surface area contributed by atoms with E-state index in [0.717, 1.165) is 38.9 Å². The van der Waals surface area contributed by atoms with E-state index in [1.165, 1.54) is 5.56 Å². The third-order valence-corrected chi connectivity index (χ3v) is 3.12. The monoisotopic (exact) mass is 205 g/mol. The molecule has 1 aliphatic rings. The van der Waals surface area contributed by atoms with Gasteiger partial charge in [-0.2, -0.15) is 0 Å². The Labute approximate surface area is 91.4 Å². The number of ether oxygens (including phenoxy) is 1. The van der Waals surface area contributed by atoms with Crippen LogP contribution in [0, 0.1) is 0 Å². The van der Waals surface area contributed by atoms with E-state index in [2.05, 4.69) is 30.3 Å². The van der Waals surface area contributed by atoms with Gasteiger partial charge in [-0.05, 0) is 31.2 Å². The van der Waals surface area contributed by atoms with Gasteiger partial charge in [0.15, 0.2) is 0 Å².